The van der Waals surface area contributed by atoms with Crippen molar-refractivity contribution >= 4 is 27.0 Å². The average Bonchev–Trinajstić information content (AvgIpc) is 3.10. The number of carbonyl (C=O) groups excluding carboxylic acids is 1. The highest BCUT2D eigenvalue weighted by Crippen LogP contribution is 2.32. The van der Waals surface area contributed by atoms with Gasteiger partial charge in [-0.1, -0.05) is 23.8 Å². The largest absolute Gasteiger partial charge is 0.341 e. The smallest absolute Gasteiger partial charge is 0.244 e. The summed E-state index contributed by atoms with van der Waals surface area (Å²) in [5.41, 5.74) is 1.64. The minimum absolute atomic E-state index is 0.0396. The second kappa shape index (κ2) is 7.79. The summed E-state index contributed by atoms with van der Waals surface area (Å²) in [4.78, 5) is 14.6. The topological polar surface area (TPSA) is 88.4 Å². The molecule has 3 heterocycles. The number of amides is 1. The summed E-state index contributed by atoms with van der Waals surface area (Å²) in [6, 6.07) is 7.69. The molecule has 2 aliphatic heterocycles. The van der Waals surface area contributed by atoms with E-state index < -0.39 is 10.0 Å². The lowest BCUT2D eigenvalue weighted by Crippen LogP contribution is -2.50. The molecule has 28 heavy (non-hydrogen) atoms. The van der Waals surface area contributed by atoms with Gasteiger partial charge in [-0.15, -0.1) is 5.10 Å². The van der Waals surface area contributed by atoms with Gasteiger partial charge in [0.2, 0.25) is 15.9 Å². The molecule has 1 aromatic heterocycles. The molecule has 1 atom stereocenters. The number of rotatable bonds is 4. The van der Waals surface area contributed by atoms with Gasteiger partial charge in [0.05, 0.1) is 11.8 Å². The summed E-state index contributed by atoms with van der Waals surface area (Å²) in [5, 5.41) is 8.20. The van der Waals surface area contributed by atoms with Gasteiger partial charge in [-0.05, 0) is 43.7 Å². The zero-order valence-corrected chi connectivity index (χ0v) is 17.0. The summed E-state index contributed by atoms with van der Waals surface area (Å²) in [5.74, 6) is 0.365. The Bertz CT molecular complexity index is 949. The van der Waals surface area contributed by atoms with Crippen LogP contribution in [0.1, 0.15) is 32.1 Å². The van der Waals surface area contributed by atoms with E-state index in [0.29, 0.717) is 25.6 Å². The van der Waals surface area contributed by atoms with Crippen LogP contribution >= 0.6 is 0 Å². The molecule has 2 saturated heterocycles. The molecule has 152 valence electrons. The first-order valence-corrected chi connectivity index (χ1v) is 11.8. The quantitative estimate of drug-likeness (QED) is 0.769. The Morgan fingerprint density at radius 3 is 2.61 bits per heavy atom. The highest BCUT2D eigenvalue weighted by molar-refractivity contribution is 7.88. The Kier molecular flexibility index (Phi) is 5.37. The van der Waals surface area contributed by atoms with E-state index in [4.69, 9.17) is 0 Å². The fourth-order valence-electron chi connectivity index (χ4n) is 4.61. The Hall–Kier alpha value is -2.00. The van der Waals surface area contributed by atoms with Crippen LogP contribution in [0.5, 0.6) is 0 Å². The molecule has 4 rings (SSSR count). The van der Waals surface area contributed by atoms with E-state index in [9.17, 15) is 13.2 Å². The number of nitrogens with zero attached hydrogens (tertiary/aromatic N) is 5. The predicted octanol–water partition coefficient (Wildman–Crippen LogP) is 1.48. The van der Waals surface area contributed by atoms with Crippen molar-refractivity contribution < 1.29 is 13.2 Å². The highest BCUT2D eigenvalue weighted by atomic mass is 32.2. The highest BCUT2D eigenvalue weighted by Gasteiger charge is 2.37. The zero-order chi connectivity index (χ0) is 19.7. The molecule has 1 unspecified atom stereocenters. The van der Waals surface area contributed by atoms with Crippen LogP contribution in [-0.4, -0.2) is 70.5 Å². The maximum atomic E-state index is 12.7. The lowest BCUT2D eigenvalue weighted by Gasteiger charge is -2.42. The molecule has 2 aromatic rings. The summed E-state index contributed by atoms with van der Waals surface area (Å²) >= 11 is 0. The van der Waals surface area contributed by atoms with E-state index in [1.807, 2.05) is 29.2 Å². The molecule has 0 bridgehead atoms. The maximum Gasteiger partial charge on any atom is 0.244 e. The van der Waals surface area contributed by atoms with Crippen molar-refractivity contribution in [3.63, 3.8) is 0 Å². The first-order valence-electron chi connectivity index (χ1n) is 9.96. The Labute approximate surface area is 165 Å². The van der Waals surface area contributed by atoms with Crippen LogP contribution in [0.4, 0.5) is 0 Å². The molecule has 1 amide bonds. The van der Waals surface area contributed by atoms with Gasteiger partial charge in [-0.3, -0.25) is 4.79 Å². The van der Waals surface area contributed by atoms with E-state index in [0.717, 1.165) is 43.1 Å². The van der Waals surface area contributed by atoms with Gasteiger partial charge in [-0.2, -0.15) is 4.31 Å². The summed E-state index contributed by atoms with van der Waals surface area (Å²) in [6.45, 7) is 2.15. The van der Waals surface area contributed by atoms with Gasteiger partial charge in [-0.25, -0.2) is 13.1 Å². The van der Waals surface area contributed by atoms with Gasteiger partial charge in [0.25, 0.3) is 0 Å². The van der Waals surface area contributed by atoms with E-state index >= 15 is 0 Å². The lowest BCUT2D eigenvalue weighted by atomic mass is 9.85. The summed E-state index contributed by atoms with van der Waals surface area (Å²) in [6.07, 6.45) is 5.95. The molecule has 0 aliphatic carbocycles. The fourth-order valence-corrected chi connectivity index (χ4v) is 5.84. The van der Waals surface area contributed by atoms with Gasteiger partial charge >= 0.3 is 0 Å². The second-order valence-corrected chi connectivity index (χ2v) is 9.83. The average molecular weight is 406 g/mol. The molecule has 8 nitrogen and oxygen atoms in total. The molecular formula is C19H27N5O3S. The molecule has 0 radical (unpaired) electrons. The van der Waals surface area contributed by atoms with Crippen molar-refractivity contribution in [1.29, 1.82) is 0 Å². The van der Waals surface area contributed by atoms with Crippen LogP contribution in [0.25, 0.3) is 11.0 Å². The number of likely N-dealkylation sites (tertiary alicyclic amines) is 1. The number of fused-ring (bicyclic) bond motifs is 1. The number of hydrogen-bond acceptors (Lipinski definition) is 5. The first-order chi connectivity index (χ1) is 13.4. The van der Waals surface area contributed by atoms with Crippen LogP contribution in [0, 0.1) is 5.92 Å². The maximum absolute atomic E-state index is 12.7. The Balaban J connectivity index is 1.37. The summed E-state index contributed by atoms with van der Waals surface area (Å²) < 4.78 is 27.6. The SMILES string of the molecule is CS(=O)(=O)N1CCCCC1C1CCN(C(=O)Cn2nnc3ccccc32)CC1. The monoisotopic (exact) mass is 405 g/mol. The summed E-state index contributed by atoms with van der Waals surface area (Å²) in [7, 11) is -3.18. The van der Waals surface area contributed by atoms with Gasteiger partial charge in [0.15, 0.2) is 0 Å². The van der Waals surface area contributed by atoms with Crippen LogP contribution in [0.15, 0.2) is 24.3 Å². The second-order valence-electron chi connectivity index (χ2n) is 7.89. The van der Waals surface area contributed by atoms with E-state index in [1.165, 1.54) is 6.26 Å². The Morgan fingerprint density at radius 2 is 1.86 bits per heavy atom. The van der Waals surface area contributed by atoms with Gasteiger partial charge in [0, 0.05) is 25.7 Å². The molecular weight excluding hydrogens is 378 g/mol. The molecule has 0 spiro atoms. The van der Waals surface area contributed by atoms with Gasteiger partial charge in [0.1, 0.15) is 12.1 Å². The normalized spacial score (nSPS) is 22.6. The van der Waals surface area contributed by atoms with Crippen LogP contribution in [-0.2, 0) is 21.4 Å². The third-order valence-corrected chi connectivity index (χ3v) is 7.37. The van der Waals surface area contributed by atoms with Crippen molar-refractivity contribution in [2.24, 2.45) is 5.92 Å². The van der Waals surface area contributed by atoms with E-state index in [2.05, 4.69) is 10.3 Å². The Morgan fingerprint density at radius 1 is 1.11 bits per heavy atom. The van der Waals surface area contributed by atoms with Crippen molar-refractivity contribution in [2.45, 2.75) is 44.7 Å². The van der Waals surface area contributed by atoms with Crippen LogP contribution < -0.4 is 0 Å². The third-order valence-electron chi connectivity index (χ3n) is 6.07. The number of aromatic nitrogens is 3. The molecule has 0 saturated carbocycles. The van der Waals surface area contributed by atoms with Crippen LogP contribution in [0.3, 0.4) is 0 Å². The van der Waals surface area contributed by atoms with Crippen molar-refractivity contribution in [2.75, 3.05) is 25.9 Å². The number of benzene rings is 1. The number of hydrogen-bond donors (Lipinski definition) is 0. The first kappa shape index (κ1) is 19.3. The van der Waals surface area contributed by atoms with Crippen molar-refractivity contribution in [3.05, 3.63) is 24.3 Å². The van der Waals surface area contributed by atoms with Crippen molar-refractivity contribution in [3.8, 4) is 0 Å². The molecule has 0 N–H and O–H groups in total. The molecule has 9 heteroatoms. The lowest BCUT2D eigenvalue weighted by molar-refractivity contribution is -0.133. The molecule has 1 aromatic carbocycles. The third kappa shape index (κ3) is 3.91. The number of sulfonamides is 1. The van der Waals surface area contributed by atoms with E-state index in [-0.39, 0.29) is 18.5 Å². The van der Waals surface area contributed by atoms with Crippen molar-refractivity contribution in [1.82, 2.24) is 24.2 Å². The molecule has 2 aliphatic rings. The van der Waals surface area contributed by atoms with Crippen LogP contribution in [0.2, 0.25) is 0 Å². The van der Waals surface area contributed by atoms with E-state index in [1.54, 1.807) is 8.99 Å². The van der Waals surface area contributed by atoms with Gasteiger partial charge < -0.3 is 4.90 Å². The minimum atomic E-state index is -3.18. The standard InChI is InChI=1S/C19H27N5O3S/c1-28(26,27)24-11-5-4-7-17(24)15-9-12-22(13-10-15)19(25)14-23-18-8-3-2-6-16(18)20-21-23/h2-3,6,8,15,17H,4-5,7,9-14H2,1H3. The zero-order valence-electron chi connectivity index (χ0n) is 16.2. The number of piperidine rings is 2. The fraction of sp³-hybridized carbons (Fsp3) is 0.632. The number of carbonyl (C=O) groups is 1. The predicted molar refractivity (Wildman–Crippen MR) is 106 cm³/mol. The molecule has 2 fully saturated rings. The number of para-hydroxylation sites is 1. The minimum Gasteiger partial charge on any atom is -0.341 e.